The van der Waals surface area contributed by atoms with E-state index >= 15 is 0 Å². The zero-order chi connectivity index (χ0) is 80.7. The summed E-state index contributed by atoms with van der Waals surface area (Å²) < 4.78 is 52.5. The highest BCUT2D eigenvalue weighted by molar-refractivity contribution is 5.84. The third-order valence-electron chi connectivity index (χ3n) is 34.4. The molecule has 12 unspecified atom stereocenters. The maximum absolute atomic E-state index is 12.0. The molecule has 10 heteroatoms. The van der Waals surface area contributed by atoms with Gasteiger partial charge in [-0.1, -0.05) is 151 Å². The maximum atomic E-state index is 12.0. The monoisotopic (exact) mass is 1480 g/mol. The number of Topliss-reactive ketones (excluding diaryl/α,β-unsaturated/α-hetero) is 2. The van der Waals surface area contributed by atoms with Gasteiger partial charge in [-0.25, -0.2) is 0 Å². The number of ether oxygens (including phenoxy) is 2. The first-order chi connectivity index (χ1) is 54.9. The van der Waals surface area contributed by atoms with Gasteiger partial charge in [0.2, 0.25) is 0 Å². The van der Waals surface area contributed by atoms with E-state index in [4.69, 9.17) is 16.3 Å². The number of hydrogen-bond donors (Lipinski definition) is 0. The zero-order valence-corrected chi connectivity index (χ0v) is 67.6. The highest BCUT2D eigenvalue weighted by Gasteiger charge is 2.62. The quantitative estimate of drug-likeness (QED) is 0.135. The van der Waals surface area contributed by atoms with Gasteiger partial charge in [0, 0.05) is 102 Å². The Labute approximate surface area is 664 Å². The molecule has 4 heterocycles. The largest absolute Gasteiger partial charge is 0.462 e. The SMILES string of the molecule is [2H]C1=C(c2cccnc2)[C@@]2(C)CCC3C(CC=C4C[C@@H](OC(C)=O)CC[C@@]43C)C2C1.[2H]C1=C(c2cncc([2H])c2)[C@@]2(C)CCC3C(CC=C4C[C@@H](OC(C)=O)CC[C@@]43C)C2C1.[2H]c1ccc(C2=CCC3C4CC=C5CC(=O)CC[C@]5(C)C4CC[C@]23C)cn1.[2H]c1cncc(C2=CCC3C4CC=C5CC(=O)CC[C@]5(C)C4CC[C@]23C)c1. The summed E-state index contributed by atoms with van der Waals surface area (Å²) in [5.74, 6) is 8.34. The number of ketones is 2. The first kappa shape index (κ1) is 69.5. The van der Waals surface area contributed by atoms with Crippen LogP contribution >= 0.6 is 0 Å². The molecule has 20 rings (SSSR count). The molecule has 8 saturated carbocycles. The summed E-state index contributed by atoms with van der Waals surface area (Å²) in [5.41, 5.74) is 17.0. The highest BCUT2D eigenvalue weighted by Crippen LogP contribution is 2.72. The molecule has 110 heavy (non-hydrogen) atoms. The van der Waals surface area contributed by atoms with Gasteiger partial charge < -0.3 is 9.47 Å². The molecule has 4 aromatic rings. The third kappa shape index (κ3) is 12.7. The van der Waals surface area contributed by atoms with Crippen LogP contribution in [0.3, 0.4) is 0 Å². The zero-order valence-electron chi connectivity index (χ0n) is 72.6. The Hall–Kier alpha value is -7.20. The van der Waals surface area contributed by atoms with Gasteiger partial charge >= 0.3 is 11.9 Å². The summed E-state index contributed by atoms with van der Waals surface area (Å²) in [6.07, 6.45) is 56.8. The van der Waals surface area contributed by atoms with E-state index in [0.717, 1.165) is 181 Å². The Bertz CT molecular complexity index is 4820. The molecule has 16 aliphatic carbocycles. The average Bonchev–Trinajstić information content (AvgIpc) is 1.64. The number of aromatic nitrogens is 4. The van der Waals surface area contributed by atoms with Crippen LogP contribution in [0.2, 0.25) is 0 Å². The predicted octanol–water partition coefficient (Wildman–Crippen LogP) is 23.2. The molecule has 8 fully saturated rings. The molecule has 580 valence electrons. The summed E-state index contributed by atoms with van der Waals surface area (Å²) in [5, 5.41) is 0. The molecule has 0 saturated heterocycles. The molecule has 0 bridgehead atoms. The van der Waals surface area contributed by atoms with Gasteiger partial charge in [0.25, 0.3) is 0 Å². The van der Waals surface area contributed by atoms with Crippen LogP contribution in [-0.2, 0) is 28.7 Å². The van der Waals surface area contributed by atoms with Crippen molar-refractivity contribution in [2.45, 2.75) is 261 Å². The van der Waals surface area contributed by atoms with Gasteiger partial charge in [0.05, 0.1) is 6.85 Å². The molecule has 0 N–H and O–H groups in total. The van der Waals surface area contributed by atoms with Crippen molar-refractivity contribution in [2.75, 3.05) is 0 Å². The van der Waals surface area contributed by atoms with Crippen LogP contribution in [0.5, 0.6) is 0 Å². The number of esters is 2. The van der Waals surface area contributed by atoms with E-state index in [9.17, 15) is 19.2 Å². The minimum absolute atomic E-state index is 0.00955. The summed E-state index contributed by atoms with van der Waals surface area (Å²) in [4.78, 5) is 64.0. The summed E-state index contributed by atoms with van der Waals surface area (Å²) >= 11 is 0. The van der Waals surface area contributed by atoms with Crippen LogP contribution in [0, 0.1) is 114 Å². The number of hydrogen-bond acceptors (Lipinski definition) is 10. The van der Waals surface area contributed by atoms with Crippen LogP contribution in [0.25, 0.3) is 22.3 Å². The van der Waals surface area contributed by atoms with Crippen molar-refractivity contribution < 1.29 is 35.5 Å². The fraction of sp³-hybridized carbons (Fsp3) is 0.600. The molecule has 0 aliphatic heterocycles. The van der Waals surface area contributed by atoms with Gasteiger partial charge in [-0.15, -0.1) is 0 Å². The van der Waals surface area contributed by atoms with Crippen molar-refractivity contribution in [1.29, 1.82) is 0 Å². The number of fused-ring (bicyclic) bond motifs is 20. The minimum atomic E-state index is -0.171. The van der Waals surface area contributed by atoms with E-state index in [1.807, 2.05) is 55.2 Å². The Morgan fingerprint density at radius 2 is 0.718 bits per heavy atom. The Kier molecular flexibility index (Phi) is 18.3. The number of carbonyl (C=O) groups excluding carboxylic acids is 4. The molecule has 16 aliphatic rings. The fourth-order valence-corrected chi connectivity index (χ4v) is 28.5. The molecular formula is C100H124N4O6. The lowest BCUT2D eigenvalue weighted by Crippen LogP contribution is -2.50. The summed E-state index contributed by atoms with van der Waals surface area (Å²) in [6.45, 7) is 22.5. The van der Waals surface area contributed by atoms with Gasteiger partial charge in [0.1, 0.15) is 23.8 Å². The highest BCUT2D eigenvalue weighted by atomic mass is 16.5. The summed E-state index contributed by atoms with van der Waals surface area (Å²) in [6, 6.07) is 14.4. The van der Waals surface area contributed by atoms with Crippen molar-refractivity contribution >= 4 is 45.8 Å². The Morgan fingerprint density at radius 1 is 0.373 bits per heavy atom. The standard InChI is InChI=1S/2C26H33NO2.2C24H29NO/c2*1-17(28)29-20-10-12-25(2)19(15-20)6-7-21-23-9-8-22(18-5-4-14-27-16-18)26(23,3)13-11-24(21)25;2*1-23-11-9-18(26)14-17(23)5-6-19-21-8-7-20(16-4-3-13-25-15-16)24(21,2)12-10-22(19)23/h2*4-6,8,14,16,20-21,23-24H,7,9-13,15H2,1-3H3;2*3-5,7,13,15,19,21-22H,6,8-12,14H2,1-2H3/t2*20-,21?,23?,24?,25-,26+;2*19?,21?,22?,23-,24+/m0000/s1/i4D,8D;8D;13D;3D. The minimum Gasteiger partial charge on any atom is -0.462 e. The number of pyridine rings is 4. The van der Waals surface area contributed by atoms with Gasteiger partial charge in [-0.3, -0.25) is 39.1 Å². The molecule has 22 atom stereocenters. The second-order valence-corrected chi connectivity index (χ2v) is 39.2. The van der Waals surface area contributed by atoms with Crippen LogP contribution in [-0.4, -0.2) is 55.6 Å². The van der Waals surface area contributed by atoms with Crippen LogP contribution < -0.4 is 0 Å². The van der Waals surface area contributed by atoms with Crippen molar-refractivity contribution in [1.82, 2.24) is 19.9 Å². The number of carbonyl (C=O) groups is 4. The van der Waals surface area contributed by atoms with E-state index in [1.165, 1.54) is 96.9 Å². The normalized spacial score (nSPS) is 42.0. The van der Waals surface area contributed by atoms with E-state index in [0.29, 0.717) is 95.9 Å². The van der Waals surface area contributed by atoms with Crippen molar-refractivity contribution in [3.05, 3.63) is 191 Å². The van der Waals surface area contributed by atoms with Crippen LogP contribution in [0.4, 0.5) is 0 Å². The predicted molar refractivity (Wildman–Crippen MR) is 438 cm³/mol. The van der Waals surface area contributed by atoms with Gasteiger partial charge in [-0.2, -0.15) is 0 Å². The Morgan fingerprint density at radius 3 is 1.11 bits per heavy atom. The van der Waals surface area contributed by atoms with Crippen LogP contribution in [0.1, 0.15) is 278 Å². The van der Waals surface area contributed by atoms with Crippen molar-refractivity contribution in [3.8, 4) is 0 Å². The third-order valence-corrected chi connectivity index (χ3v) is 34.4. The molecule has 0 aromatic carbocycles. The van der Waals surface area contributed by atoms with E-state index in [-0.39, 0.29) is 67.5 Å². The molecule has 4 aromatic heterocycles. The lowest BCUT2D eigenvalue weighted by atomic mass is 9.47. The molecule has 10 nitrogen and oxygen atoms in total. The molecule has 0 radical (unpaired) electrons. The number of allylic oxidation sites excluding steroid dienone is 14. The van der Waals surface area contributed by atoms with E-state index < -0.39 is 0 Å². The second kappa shape index (κ2) is 29.0. The molecule has 0 amide bonds. The van der Waals surface area contributed by atoms with Gasteiger partial charge in [0.15, 0.2) is 0 Å². The maximum Gasteiger partial charge on any atom is 0.302 e. The molecule has 0 spiro atoms. The smallest absolute Gasteiger partial charge is 0.302 e. The summed E-state index contributed by atoms with van der Waals surface area (Å²) in [7, 11) is 0. The lowest BCUT2D eigenvalue weighted by Gasteiger charge is -2.57. The second-order valence-electron chi connectivity index (χ2n) is 39.2. The molecular weight excluding hydrogens is 1350 g/mol. The Balaban J connectivity index is 0.000000111. The average molecular weight is 1480 g/mol. The number of rotatable bonds is 6. The van der Waals surface area contributed by atoms with Crippen molar-refractivity contribution in [3.63, 3.8) is 0 Å². The van der Waals surface area contributed by atoms with E-state index in [2.05, 4.69) is 124 Å². The lowest BCUT2D eigenvalue weighted by molar-refractivity contribution is -0.149. The first-order valence-corrected chi connectivity index (χ1v) is 43.0. The number of nitrogens with zero attached hydrogens (tertiary/aromatic N) is 4. The first-order valence-electron chi connectivity index (χ1n) is 45.5. The topological polar surface area (TPSA) is 138 Å². The van der Waals surface area contributed by atoms with Gasteiger partial charge in [-0.05, 0) is 324 Å². The van der Waals surface area contributed by atoms with Crippen molar-refractivity contribution in [2.24, 2.45) is 114 Å². The fourth-order valence-electron chi connectivity index (χ4n) is 28.5. The van der Waals surface area contributed by atoms with Crippen LogP contribution in [0.15, 0.2) is 169 Å². The van der Waals surface area contributed by atoms with E-state index in [1.54, 1.807) is 12.4 Å².